The minimum atomic E-state index is -2.26. The summed E-state index contributed by atoms with van der Waals surface area (Å²) >= 11 is 0. The zero-order chi connectivity index (χ0) is 36.0. The van der Waals surface area contributed by atoms with Gasteiger partial charge in [0.2, 0.25) is 0 Å². The number of carbonyl (C=O) groups is 6. The fourth-order valence-corrected chi connectivity index (χ4v) is 7.95. The number of hydrogen-bond acceptors (Lipinski definition) is 14. The zero-order valence-electron chi connectivity index (χ0n) is 28.6. The number of carbonyl (C=O) groups excluding carboxylic acids is 6. The molecule has 0 unspecified atom stereocenters. The third kappa shape index (κ3) is 6.15. The van der Waals surface area contributed by atoms with Crippen molar-refractivity contribution in [3.05, 3.63) is 35.9 Å². The summed E-state index contributed by atoms with van der Waals surface area (Å²) in [5, 5.41) is 12.6. The van der Waals surface area contributed by atoms with Crippen molar-refractivity contribution in [2.75, 3.05) is 6.61 Å². The molecule has 0 amide bonds. The van der Waals surface area contributed by atoms with Crippen LogP contribution in [0.25, 0.3) is 0 Å². The molecule has 4 rings (SSSR count). The Kier molecular flexibility index (Phi) is 10.0. The van der Waals surface area contributed by atoms with E-state index in [4.69, 9.17) is 33.2 Å². The van der Waals surface area contributed by atoms with Crippen LogP contribution in [0.15, 0.2) is 30.3 Å². The number of aliphatic hydroxyl groups is 1. The molecule has 2 aliphatic carbocycles. The topological polar surface area (TPSA) is 187 Å². The van der Waals surface area contributed by atoms with Crippen LogP contribution in [0, 0.1) is 17.3 Å². The summed E-state index contributed by atoms with van der Waals surface area (Å²) in [6.45, 7) is 11.4. The first-order valence-electron chi connectivity index (χ1n) is 15.8. The third-order valence-corrected chi connectivity index (χ3v) is 9.42. The predicted octanol–water partition coefficient (Wildman–Crippen LogP) is 2.46. The Balaban J connectivity index is 2.18. The van der Waals surface area contributed by atoms with Crippen LogP contribution in [0.3, 0.4) is 0 Å². The second kappa shape index (κ2) is 13.1. The van der Waals surface area contributed by atoms with Gasteiger partial charge >= 0.3 is 35.8 Å². The van der Waals surface area contributed by atoms with Gasteiger partial charge in [-0.25, -0.2) is 4.79 Å². The molecule has 14 heteroatoms. The monoisotopic (exact) mass is 676 g/mol. The molecule has 3 fully saturated rings. The van der Waals surface area contributed by atoms with Gasteiger partial charge in [-0.2, -0.15) is 0 Å². The van der Waals surface area contributed by atoms with Crippen LogP contribution >= 0.6 is 0 Å². The molecule has 2 saturated carbocycles. The maximum atomic E-state index is 14.0. The van der Waals surface area contributed by atoms with Crippen molar-refractivity contribution < 1.29 is 67.0 Å². The highest BCUT2D eigenvalue weighted by atomic mass is 16.7. The summed E-state index contributed by atoms with van der Waals surface area (Å²) in [6.07, 6.45) is -8.32. The molecule has 0 aromatic heterocycles. The number of fused-ring (bicyclic) bond motifs is 1. The van der Waals surface area contributed by atoms with Gasteiger partial charge in [0, 0.05) is 34.1 Å². The van der Waals surface area contributed by atoms with E-state index in [0.29, 0.717) is 0 Å². The number of benzene rings is 1. The second-order valence-electron chi connectivity index (χ2n) is 13.7. The van der Waals surface area contributed by atoms with E-state index < -0.39 is 113 Å². The zero-order valence-corrected chi connectivity index (χ0v) is 28.6. The second-order valence-corrected chi connectivity index (χ2v) is 13.7. The van der Waals surface area contributed by atoms with Crippen molar-refractivity contribution in [1.82, 2.24) is 0 Å². The maximum Gasteiger partial charge on any atom is 0.338 e. The van der Waals surface area contributed by atoms with E-state index >= 15 is 0 Å². The summed E-state index contributed by atoms with van der Waals surface area (Å²) in [6, 6.07) is 7.83. The fourth-order valence-electron chi connectivity index (χ4n) is 7.95. The molecule has 264 valence electrons. The molecule has 2 bridgehead atoms. The Hall–Kier alpha value is -4.04. The highest BCUT2D eigenvalue weighted by Crippen LogP contribution is 2.69. The van der Waals surface area contributed by atoms with Crippen molar-refractivity contribution in [3.63, 3.8) is 0 Å². The van der Waals surface area contributed by atoms with Gasteiger partial charge in [-0.05, 0) is 32.9 Å². The number of hydrogen-bond donors (Lipinski definition) is 1. The van der Waals surface area contributed by atoms with E-state index in [1.807, 2.05) is 0 Å². The third-order valence-electron chi connectivity index (χ3n) is 9.42. The number of rotatable bonds is 9. The summed E-state index contributed by atoms with van der Waals surface area (Å²) < 4.78 is 42.5. The van der Waals surface area contributed by atoms with Gasteiger partial charge in [0.05, 0.1) is 28.6 Å². The minimum absolute atomic E-state index is 0.0835. The Bertz CT molecular complexity index is 1450. The van der Waals surface area contributed by atoms with Crippen molar-refractivity contribution in [2.45, 2.75) is 116 Å². The van der Waals surface area contributed by atoms with Gasteiger partial charge in [-0.15, -0.1) is 0 Å². The molecular weight excluding hydrogens is 632 g/mol. The van der Waals surface area contributed by atoms with E-state index in [1.165, 1.54) is 19.1 Å². The first-order valence-corrected chi connectivity index (χ1v) is 15.8. The predicted molar refractivity (Wildman–Crippen MR) is 163 cm³/mol. The van der Waals surface area contributed by atoms with E-state index in [1.54, 1.807) is 45.9 Å². The number of ether oxygens (including phenoxy) is 7. The molecule has 0 radical (unpaired) electrons. The van der Waals surface area contributed by atoms with E-state index in [2.05, 4.69) is 0 Å². The summed E-state index contributed by atoms with van der Waals surface area (Å²) in [4.78, 5) is 78.3. The summed E-state index contributed by atoms with van der Waals surface area (Å²) in [5.74, 6) is -6.78. The van der Waals surface area contributed by atoms with Crippen molar-refractivity contribution in [1.29, 1.82) is 0 Å². The quantitative estimate of drug-likeness (QED) is 0.297. The molecule has 14 nitrogen and oxygen atoms in total. The van der Waals surface area contributed by atoms with Gasteiger partial charge in [0.1, 0.15) is 30.3 Å². The summed E-state index contributed by atoms with van der Waals surface area (Å²) in [7, 11) is 0. The lowest BCUT2D eigenvalue weighted by Crippen LogP contribution is -2.85. The largest absolute Gasteiger partial charge is 0.464 e. The van der Waals surface area contributed by atoms with Crippen LogP contribution in [0.4, 0.5) is 0 Å². The van der Waals surface area contributed by atoms with Crippen LogP contribution in [-0.4, -0.2) is 94.9 Å². The molecule has 9 atom stereocenters. The average Bonchev–Trinajstić information content (AvgIpc) is 3.16. The number of esters is 6. The van der Waals surface area contributed by atoms with Gasteiger partial charge < -0.3 is 38.3 Å². The van der Waals surface area contributed by atoms with Crippen LogP contribution in [0.5, 0.6) is 0 Å². The summed E-state index contributed by atoms with van der Waals surface area (Å²) in [5.41, 5.74) is -7.97. The Labute approximate surface area is 278 Å². The molecule has 1 spiro atoms. The molecule has 1 heterocycles. The van der Waals surface area contributed by atoms with Gasteiger partial charge in [-0.1, -0.05) is 32.0 Å². The normalized spacial score (nSPS) is 34.6. The fraction of sp³-hybridized carbons (Fsp3) is 0.647. The smallest absolute Gasteiger partial charge is 0.338 e. The van der Waals surface area contributed by atoms with Crippen LogP contribution in [0.1, 0.15) is 79.1 Å². The average molecular weight is 677 g/mol. The van der Waals surface area contributed by atoms with Gasteiger partial charge in [0.25, 0.3) is 0 Å². The standard InChI is InChI=1S/C34H44O14/c1-17(2)29(39)42-16-33-26(45-20(5)37)23(43-18(3)35)15-32(9,41)34(33)27(46-21(6)38)24(31(7,8)48-34)25(44-19(4)36)28(33)47-30(40)22-13-11-10-12-14-22/h10-14,17,23-28,41H,15-16H2,1-9H3/t23-,24+,25+,26-,27+,28-,32-,33-,34-/m0/s1. The SMILES string of the molecule is CC(=O)O[C@@H]1[C@@H]2[C@@H](OC(C)=O)[C@@]3(OC2(C)C)[C@](COC(=O)C(C)C)([C@H]1OC(=O)c1ccccc1)[C@@H](OC(C)=O)[C@@H](OC(C)=O)C[C@]3(C)O. The van der Waals surface area contributed by atoms with Crippen molar-refractivity contribution >= 4 is 35.8 Å². The Morgan fingerprint density at radius 3 is 1.85 bits per heavy atom. The van der Waals surface area contributed by atoms with E-state index in [9.17, 15) is 33.9 Å². The van der Waals surface area contributed by atoms with Crippen molar-refractivity contribution in [3.8, 4) is 0 Å². The Morgan fingerprint density at radius 1 is 0.792 bits per heavy atom. The highest BCUT2D eigenvalue weighted by Gasteiger charge is 2.89. The molecule has 48 heavy (non-hydrogen) atoms. The molecule has 1 aliphatic heterocycles. The molecule has 1 N–H and O–H groups in total. The molecular formula is C34H44O14. The minimum Gasteiger partial charge on any atom is -0.464 e. The molecule has 1 aromatic carbocycles. The highest BCUT2D eigenvalue weighted by molar-refractivity contribution is 5.89. The van der Waals surface area contributed by atoms with Crippen LogP contribution in [0.2, 0.25) is 0 Å². The lowest BCUT2D eigenvalue weighted by atomic mass is 9.45. The first kappa shape index (κ1) is 36.8. The van der Waals surface area contributed by atoms with Gasteiger partial charge in [0.15, 0.2) is 17.8 Å². The van der Waals surface area contributed by atoms with E-state index in [0.717, 1.165) is 27.7 Å². The Morgan fingerprint density at radius 2 is 1.33 bits per heavy atom. The molecule has 1 saturated heterocycles. The molecule has 3 aliphatic rings. The lowest BCUT2D eigenvalue weighted by Gasteiger charge is -2.66. The lowest BCUT2D eigenvalue weighted by molar-refractivity contribution is -0.363. The maximum absolute atomic E-state index is 14.0. The van der Waals surface area contributed by atoms with Crippen LogP contribution in [-0.2, 0) is 57.1 Å². The van der Waals surface area contributed by atoms with Gasteiger partial charge in [-0.3, -0.25) is 24.0 Å². The molecule has 1 aromatic rings. The van der Waals surface area contributed by atoms with Crippen molar-refractivity contribution in [2.24, 2.45) is 17.3 Å². The van der Waals surface area contributed by atoms with E-state index in [-0.39, 0.29) is 5.56 Å². The van der Waals surface area contributed by atoms with Crippen LogP contribution < -0.4 is 0 Å². The first-order chi connectivity index (χ1) is 22.2.